The Bertz CT molecular complexity index is 925. The molecule has 4 nitrogen and oxygen atoms in total. The molecule has 0 unspecified atom stereocenters. The van der Waals surface area contributed by atoms with Gasteiger partial charge in [0.15, 0.2) is 0 Å². The molecule has 0 aliphatic carbocycles. The van der Waals surface area contributed by atoms with Crippen LogP contribution in [-0.4, -0.2) is 11.2 Å². The highest BCUT2D eigenvalue weighted by atomic mass is 127. The molecule has 0 atom stereocenters. The molecule has 3 rings (SSSR count). The molecule has 0 aliphatic heterocycles. The van der Waals surface area contributed by atoms with Gasteiger partial charge in [-0.1, -0.05) is 12.1 Å². The average molecular weight is 497 g/mol. The van der Waals surface area contributed by atoms with E-state index in [1.165, 1.54) is 9.64 Å². The van der Waals surface area contributed by atoms with Crippen molar-refractivity contribution in [1.82, 2.24) is 4.98 Å². The highest BCUT2D eigenvalue weighted by molar-refractivity contribution is 14.1. The SMILES string of the molecule is FC(F)(F)c1ccc(N/N=C\c2ccc(OCc3ccc(I)cc3)cc2)nc1. The number of pyridine rings is 1. The number of hydrazone groups is 1. The van der Waals surface area contributed by atoms with Crippen molar-refractivity contribution >= 4 is 34.6 Å². The molecule has 0 fully saturated rings. The number of hydrogen-bond donors (Lipinski definition) is 1. The van der Waals surface area contributed by atoms with Crippen molar-refractivity contribution in [3.05, 3.63) is 87.1 Å². The fourth-order valence-corrected chi connectivity index (χ4v) is 2.56. The summed E-state index contributed by atoms with van der Waals surface area (Å²) in [7, 11) is 0. The molecule has 28 heavy (non-hydrogen) atoms. The Kier molecular flexibility index (Phi) is 6.50. The first-order valence-corrected chi connectivity index (χ1v) is 9.28. The summed E-state index contributed by atoms with van der Waals surface area (Å²) in [6, 6.07) is 17.6. The van der Waals surface area contributed by atoms with Crippen LogP contribution in [0, 0.1) is 3.57 Å². The molecule has 1 N–H and O–H groups in total. The van der Waals surface area contributed by atoms with Gasteiger partial charge in [-0.2, -0.15) is 18.3 Å². The Hall–Kier alpha value is -2.62. The first-order valence-electron chi connectivity index (χ1n) is 8.20. The number of aromatic nitrogens is 1. The average Bonchev–Trinajstić information content (AvgIpc) is 2.68. The second-order valence-electron chi connectivity index (χ2n) is 5.78. The molecule has 144 valence electrons. The van der Waals surface area contributed by atoms with E-state index in [9.17, 15) is 13.2 Å². The molecule has 0 bridgehead atoms. The predicted molar refractivity (Wildman–Crippen MR) is 110 cm³/mol. The maximum Gasteiger partial charge on any atom is 0.417 e. The van der Waals surface area contributed by atoms with Crippen LogP contribution in [0.4, 0.5) is 19.0 Å². The second kappa shape index (κ2) is 9.05. The van der Waals surface area contributed by atoms with Crippen LogP contribution in [0.2, 0.25) is 0 Å². The normalized spacial score (nSPS) is 11.6. The van der Waals surface area contributed by atoms with Crippen molar-refractivity contribution in [2.45, 2.75) is 12.8 Å². The lowest BCUT2D eigenvalue weighted by Crippen LogP contribution is -2.05. The summed E-state index contributed by atoms with van der Waals surface area (Å²) >= 11 is 2.25. The third kappa shape index (κ3) is 5.95. The van der Waals surface area contributed by atoms with Gasteiger partial charge in [-0.15, -0.1) is 0 Å². The van der Waals surface area contributed by atoms with Gasteiger partial charge in [0.25, 0.3) is 0 Å². The zero-order chi connectivity index (χ0) is 20.0. The van der Waals surface area contributed by atoms with Crippen LogP contribution in [-0.2, 0) is 12.8 Å². The Morgan fingerprint density at radius 1 is 1.00 bits per heavy atom. The van der Waals surface area contributed by atoms with E-state index in [0.717, 1.165) is 29.1 Å². The van der Waals surface area contributed by atoms with Gasteiger partial charge in [0.2, 0.25) is 0 Å². The minimum atomic E-state index is -4.41. The second-order valence-corrected chi connectivity index (χ2v) is 7.03. The summed E-state index contributed by atoms with van der Waals surface area (Å²) in [5.74, 6) is 0.954. The highest BCUT2D eigenvalue weighted by Crippen LogP contribution is 2.28. The van der Waals surface area contributed by atoms with Gasteiger partial charge in [0.05, 0.1) is 11.8 Å². The third-order valence-electron chi connectivity index (χ3n) is 3.68. The molecule has 0 radical (unpaired) electrons. The first kappa shape index (κ1) is 20.1. The summed E-state index contributed by atoms with van der Waals surface area (Å²) < 4.78 is 44.4. The Morgan fingerprint density at radius 2 is 1.71 bits per heavy atom. The van der Waals surface area contributed by atoms with Crippen LogP contribution in [0.1, 0.15) is 16.7 Å². The third-order valence-corrected chi connectivity index (χ3v) is 4.40. The number of rotatable bonds is 6. The van der Waals surface area contributed by atoms with Crippen LogP contribution in [0.15, 0.2) is 72.0 Å². The topological polar surface area (TPSA) is 46.5 Å². The van der Waals surface area contributed by atoms with E-state index in [2.05, 4.69) is 38.1 Å². The minimum absolute atomic E-state index is 0.224. The zero-order valence-corrected chi connectivity index (χ0v) is 16.6. The van der Waals surface area contributed by atoms with Crippen molar-refractivity contribution in [3.63, 3.8) is 0 Å². The van der Waals surface area contributed by atoms with Crippen LogP contribution in [0.25, 0.3) is 0 Å². The van der Waals surface area contributed by atoms with E-state index in [4.69, 9.17) is 4.74 Å². The summed E-state index contributed by atoms with van der Waals surface area (Å²) in [5, 5.41) is 3.97. The number of hydrogen-bond acceptors (Lipinski definition) is 4. The summed E-state index contributed by atoms with van der Waals surface area (Å²) in [5.41, 5.74) is 3.68. The van der Waals surface area contributed by atoms with Gasteiger partial charge in [-0.3, -0.25) is 5.43 Å². The predicted octanol–water partition coefficient (Wildman–Crippen LogP) is 5.73. The molecule has 2 aromatic carbocycles. The zero-order valence-electron chi connectivity index (χ0n) is 14.4. The van der Waals surface area contributed by atoms with Gasteiger partial charge < -0.3 is 4.74 Å². The summed E-state index contributed by atoms with van der Waals surface area (Å²) in [4.78, 5) is 3.68. The Balaban J connectivity index is 1.51. The van der Waals surface area contributed by atoms with Crippen LogP contribution in [0.3, 0.4) is 0 Å². The number of benzene rings is 2. The minimum Gasteiger partial charge on any atom is -0.489 e. The van der Waals surface area contributed by atoms with E-state index >= 15 is 0 Å². The van der Waals surface area contributed by atoms with Gasteiger partial charge in [0, 0.05) is 9.77 Å². The number of nitrogens with one attached hydrogen (secondary N) is 1. The maximum absolute atomic E-state index is 12.5. The molecule has 0 aliphatic rings. The van der Waals surface area contributed by atoms with Crippen LogP contribution in [0.5, 0.6) is 5.75 Å². The van der Waals surface area contributed by atoms with Crippen molar-refractivity contribution < 1.29 is 17.9 Å². The molecule has 3 aromatic rings. The Morgan fingerprint density at radius 3 is 2.32 bits per heavy atom. The summed E-state index contributed by atoms with van der Waals surface area (Å²) in [6.45, 7) is 0.478. The molecule has 0 amide bonds. The van der Waals surface area contributed by atoms with Crippen molar-refractivity contribution in [2.75, 3.05) is 5.43 Å². The number of ether oxygens (including phenoxy) is 1. The fourth-order valence-electron chi connectivity index (χ4n) is 2.20. The van der Waals surface area contributed by atoms with E-state index in [-0.39, 0.29) is 5.82 Å². The first-order chi connectivity index (χ1) is 13.4. The van der Waals surface area contributed by atoms with Crippen LogP contribution >= 0.6 is 22.6 Å². The van der Waals surface area contributed by atoms with Crippen molar-refractivity contribution in [3.8, 4) is 5.75 Å². The van der Waals surface area contributed by atoms with E-state index in [1.807, 2.05) is 48.5 Å². The largest absolute Gasteiger partial charge is 0.489 e. The molecular weight excluding hydrogens is 482 g/mol. The number of alkyl halides is 3. The molecule has 0 saturated heterocycles. The smallest absolute Gasteiger partial charge is 0.417 e. The fraction of sp³-hybridized carbons (Fsp3) is 0.100. The van der Waals surface area contributed by atoms with E-state index in [1.54, 1.807) is 6.21 Å². The number of nitrogens with zero attached hydrogens (tertiary/aromatic N) is 2. The van der Waals surface area contributed by atoms with Gasteiger partial charge in [-0.05, 0) is 82.2 Å². The van der Waals surface area contributed by atoms with Gasteiger partial charge in [0.1, 0.15) is 18.2 Å². The molecule has 8 heteroatoms. The molecule has 1 heterocycles. The number of anilines is 1. The molecule has 0 saturated carbocycles. The lowest BCUT2D eigenvalue weighted by molar-refractivity contribution is -0.137. The monoisotopic (exact) mass is 497 g/mol. The highest BCUT2D eigenvalue weighted by Gasteiger charge is 2.30. The van der Waals surface area contributed by atoms with E-state index < -0.39 is 11.7 Å². The lowest BCUT2D eigenvalue weighted by atomic mass is 10.2. The summed E-state index contributed by atoms with van der Waals surface area (Å²) in [6.07, 6.45) is -2.10. The van der Waals surface area contributed by atoms with Crippen molar-refractivity contribution in [2.24, 2.45) is 5.10 Å². The Labute approximate surface area is 173 Å². The quantitative estimate of drug-likeness (QED) is 0.269. The van der Waals surface area contributed by atoms with Gasteiger partial charge in [-0.25, -0.2) is 4.98 Å². The maximum atomic E-state index is 12.5. The van der Waals surface area contributed by atoms with E-state index in [0.29, 0.717) is 6.61 Å². The van der Waals surface area contributed by atoms with Gasteiger partial charge >= 0.3 is 6.18 Å². The molecule has 0 spiro atoms. The number of halogens is 4. The van der Waals surface area contributed by atoms with Crippen LogP contribution < -0.4 is 10.2 Å². The molecular formula is C20H15F3IN3O. The standard InChI is InChI=1S/C20H15F3IN3O/c21-20(22,23)16-5-10-19(25-12-16)27-26-11-14-3-8-18(9-4-14)28-13-15-1-6-17(24)7-2-15/h1-12H,13H2,(H,25,27)/b26-11-. The lowest BCUT2D eigenvalue weighted by Gasteiger charge is -2.07. The van der Waals surface area contributed by atoms with Crippen molar-refractivity contribution in [1.29, 1.82) is 0 Å². The molecule has 1 aromatic heterocycles.